The van der Waals surface area contributed by atoms with Crippen LogP contribution < -0.4 is 16.1 Å². The summed E-state index contributed by atoms with van der Waals surface area (Å²) in [6.45, 7) is 16.3. The molecule has 364 valence electrons. The van der Waals surface area contributed by atoms with Crippen molar-refractivity contribution in [3.8, 4) is 28.1 Å². The van der Waals surface area contributed by atoms with E-state index in [1.807, 2.05) is 38.2 Å². The molecular weight excluding hydrogens is 865 g/mol. The van der Waals surface area contributed by atoms with Crippen molar-refractivity contribution in [2.24, 2.45) is 17.3 Å². The van der Waals surface area contributed by atoms with Crippen LogP contribution in [-0.4, -0.2) is 136 Å². The van der Waals surface area contributed by atoms with Gasteiger partial charge in [-0.1, -0.05) is 53.7 Å². The third-order valence-electron chi connectivity index (χ3n) is 14.0. The number of aromatic nitrogens is 2. The predicted octanol–water partition coefficient (Wildman–Crippen LogP) is 4.80. The first-order valence-corrected chi connectivity index (χ1v) is 24.2. The van der Waals surface area contributed by atoms with E-state index in [1.54, 1.807) is 19.2 Å². The zero-order chi connectivity index (χ0) is 48.8. The quantitative estimate of drug-likeness (QED) is 0.119. The Kier molecular flexibility index (Phi) is 14.0. The molecule has 4 amide bonds. The lowest BCUT2D eigenvalue weighted by atomic mass is 9.83. The zero-order valence-corrected chi connectivity index (χ0v) is 40.9. The minimum atomic E-state index is -1.18. The molecule has 3 saturated heterocycles. The van der Waals surface area contributed by atoms with Crippen LogP contribution in [0.4, 0.5) is 0 Å². The number of fused-ring (bicyclic) bond motifs is 6. The molecule has 0 spiro atoms. The molecule has 2 aromatic carbocycles. The van der Waals surface area contributed by atoms with E-state index >= 15 is 0 Å². The first-order chi connectivity index (χ1) is 32.3. The fourth-order valence-corrected chi connectivity index (χ4v) is 10.3. The van der Waals surface area contributed by atoms with Crippen LogP contribution in [0.5, 0.6) is 5.75 Å². The molecule has 6 heterocycles. The number of nitrogens with one attached hydrogen (secondary N) is 3. The molecule has 0 radical (unpaired) electrons. The third kappa shape index (κ3) is 9.99. The number of carbonyl (C=O) groups excluding carboxylic acids is 5. The molecule has 16 heteroatoms. The number of aromatic hydroxyl groups is 1. The fraction of sp³-hybridized carbons (Fsp3) is 0.538. The molecule has 6 bridgehead atoms. The summed E-state index contributed by atoms with van der Waals surface area (Å²) in [5, 5.41) is 19.9. The van der Waals surface area contributed by atoms with Gasteiger partial charge < -0.3 is 34.3 Å². The molecule has 4 N–H and O–H groups in total. The first kappa shape index (κ1) is 48.6. The second-order valence-electron chi connectivity index (χ2n) is 20.7. The van der Waals surface area contributed by atoms with Crippen LogP contribution in [-0.2, 0) is 52.8 Å². The largest absolute Gasteiger partial charge is 0.508 e. The lowest BCUT2D eigenvalue weighted by molar-refractivity contribution is -0.155. The molecule has 68 heavy (non-hydrogen) atoms. The second-order valence-corrected chi connectivity index (χ2v) is 20.7. The highest BCUT2D eigenvalue weighted by Gasteiger charge is 2.50. The van der Waals surface area contributed by atoms with Crippen LogP contribution in [0.3, 0.4) is 0 Å². The van der Waals surface area contributed by atoms with E-state index in [1.165, 1.54) is 21.9 Å². The Bertz CT molecular complexity index is 2580. The van der Waals surface area contributed by atoms with Gasteiger partial charge in [0.15, 0.2) is 0 Å². The van der Waals surface area contributed by atoms with Gasteiger partial charge in [0.25, 0.3) is 5.91 Å². The Morgan fingerprint density at radius 3 is 2.49 bits per heavy atom. The lowest BCUT2D eigenvalue weighted by Gasteiger charge is -2.37. The maximum absolute atomic E-state index is 14.7. The Morgan fingerprint density at radius 2 is 1.79 bits per heavy atom. The van der Waals surface area contributed by atoms with E-state index < -0.39 is 47.2 Å². The van der Waals surface area contributed by atoms with Crippen molar-refractivity contribution >= 4 is 40.5 Å². The molecular formula is C52H68N8O8. The number of carbonyl (C=O) groups is 5. The number of rotatable bonds is 11. The van der Waals surface area contributed by atoms with Gasteiger partial charge in [-0.05, 0) is 96.7 Å². The highest BCUT2D eigenvalue weighted by molar-refractivity contribution is 5.96. The average molecular weight is 933 g/mol. The summed E-state index contributed by atoms with van der Waals surface area (Å²) in [5.74, 6) is -2.10. The van der Waals surface area contributed by atoms with Gasteiger partial charge in [-0.3, -0.25) is 39.3 Å². The number of nitrogens with zero attached hydrogens (tertiary/aromatic N) is 5. The number of amides is 4. The van der Waals surface area contributed by atoms with Gasteiger partial charge in [-0.2, -0.15) is 0 Å². The molecule has 0 saturated carbocycles. The molecule has 8 rings (SSSR count). The van der Waals surface area contributed by atoms with Crippen LogP contribution in [0.2, 0.25) is 0 Å². The number of hydrogen-bond acceptors (Lipinski definition) is 11. The van der Waals surface area contributed by atoms with Gasteiger partial charge >= 0.3 is 5.97 Å². The van der Waals surface area contributed by atoms with Crippen molar-refractivity contribution in [2.75, 3.05) is 47.0 Å². The highest BCUT2D eigenvalue weighted by atomic mass is 16.5. The second kappa shape index (κ2) is 19.6. The van der Waals surface area contributed by atoms with Gasteiger partial charge in [0.2, 0.25) is 17.7 Å². The maximum Gasteiger partial charge on any atom is 0.324 e. The molecule has 16 nitrogen and oxygen atoms in total. The summed E-state index contributed by atoms with van der Waals surface area (Å²) in [6, 6.07) is 12.3. The van der Waals surface area contributed by atoms with Crippen molar-refractivity contribution in [2.45, 2.75) is 117 Å². The van der Waals surface area contributed by atoms with Crippen molar-refractivity contribution in [1.29, 1.82) is 0 Å². The van der Waals surface area contributed by atoms with Crippen LogP contribution in [0.15, 0.2) is 54.7 Å². The van der Waals surface area contributed by atoms with E-state index in [2.05, 4.69) is 73.4 Å². The molecule has 4 aromatic rings. The number of hydrogen-bond donors (Lipinski definition) is 4. The Hall–Kier alpha value is -5.84. The number of pyridine rings is 1. The monoisotopic (exact) mass is 933 g/mol. The smallest absolute Gasteiger partial charge is 0.324 e. The Morgan fingerprint density at radius 1 is 1.03 bits per heavy atom. The molecule has 2 aromatic heterocycles. The van der Waals surface area contributed by atoms with E-state index in [4.69, 9.17) is 14.5 Å². The predicted molar refractivity (Wildman–Crippen MR) is 258 cm³/mol. The molecule has 4 aliphatic rings. The molecule has 5 atom stereocenters. The normalized spacial score (nSPS) is 22.3. The van der Waals surface area contributed by atoms with Gasteiger partial charge in [-0.25, -0.2) is 5.43 Å². The number of likely N-dealkylation sites (N-methyl/N-ethyl adjacent to an activating group) is 2. The van der Waals surface area contributed by atoms with Gasteiger partial charge in [0.05, 0.1) is 37.8 Å². The number of esters is 1. The summed E-state index contributed by atoms with van der Waals surface area (Å²) in [6.07, 6.45) is 3.34. The minimum absolute atomic E-state index is 0.00802. The molecule has 0 aliphatic carbocycles. The number of hydrazine groups is 1. The lowest BCUT2D eigenvalue weighted by Crippen LogP contribution is -2.62. The zero-order valence-electron chi connectivity index (χ0n) is 40.9. The van der Waals surface area contributed by atoms with Crippen LogP contribution in [0.25, 0.3) is 33.3 Å². The van der Waals surface area contributed by atoms with Crippen molar-refractivity contribution in [3.63, 3.8) is 0 Å². The summed E-state index contributed by atoms with van der Waals surface area (Å²) >= 11 is 0. The van der Waals surface area contributed by atoms with E-state index in [0.717, 1.165) is 44.5 Å². The Labute approximate surface area is 399 Å². The molecule has 0 unspecified atom stereocenters. The highest BCUT2D eigenvalue weighted by Crippen LogP contribution is 2.42. The molecule has 4 aliphatic heterocycles. The summed E-state index contributed by atoms with van der Waals surface area (Å²) < 4.78 is 13.7. The number of phenols is 1. The standard InChI is InChI=1S/C52H68N8O8/c1-10-59-41-16-15-32-23-37(41)38(47(59)36-13-11-17-53-43(36)29(2)3)24-52(6,7)28-68-51(66)39-14-12-18-60(56-39)49(64)40(21-31-19-33(32)22-35(61)20-31)54-48(63)46(30(4)5)58(9)42(62)25-57(8)50(65)45-44(55-45)34-26-67-27-34/h11,13,15-17,19-20,22-23,29-30,34,39-40,44-46,55-56,61H,10,12,14,18,21,24-28H2,1-9H3,(H,54,63)/t39-,40-,44+,45-,46-/m0/s1. The van der Waals surface area contributed by atoms with Crippen molar-refractivity contribution < 1.29 is 38.6 Å². The summed E-state index contributed by atoms with van der Waals surface area (Å²) in [7, 11) is 3.11. The van der Waals surface area contributed by atoms with E-state index in [-0.39, 0.29) is 67.6 Å². The number of ether oxygens (including phenoxy) is 2. The number of cyclic esters (lactones) is 1. The van der Waals surface area contributed by atoms with Crippen LogP contribution >= 0.6 is 0 Å². The average Bonchev–Trinajstić information content (AvgIpc) is 4.00. The van der Waals surface area contributed by atoms with Crippen molar-refractivity contribution in [3.05, 3.63) is 71.5 Å². The molecule has 3 fully saturated rings. The van der Waals surface area contributed by atoms with Gasteiger partial charge in [-0.15, -0.1) is 0 Å². The van der Waals surface area contributed by atoms with Crippen LogP contribution in [0.1, 0.15) is 84.0 Å². The van der Waals surface area contributed by atoms with E-state index in [0.29, 0.717) is 44.6 Å². The van der Waals surface area contributed by atoms with E-state index in [9.17, 15) is 29.1 Å². The minimum Gasteiger partial charge on any atom is -0.508 e. The van der Waals surface area contributed by atoms with Crippen LogP contribution in [0, 0.1) is 17.3 Å². The summed E-state index contributed by atoms with van der Waals surface area (Å²) in [5.41, 5.74) is 10.0. The third-order valence-corrected chi connectivity index (χ3v) is 14.0. The topological polar surface area (TPSA) is 198 Å². The van der Waals surface area contributed by atoms with Crippen molar-refractivity contribution in [1.82, 2.24) is 40.4 Å². The van der Waals surface area contributed by atoms with Gasteiger partial charge in [0, 0.05) is 73.6 Å². The SMILES string of the molecule is CCn1c(-c2cccnc2C(C)C)c2c3cc(ccc31)-c1cc(O)cc(c1)C[C@H](NC(=O)[C@H](C(C)C)N(C)C(=O)CN(C)C(=O)[C@H]1N[C@@H]1C1COC1)C(=O)N1CCC[C@H](N1)C(=O)OCC(C)(C)C2. The summed E-state index contributed by atoms with van der Waals surface area (Å²) in [4.78, 5) is 77.8. The maximum atomic E-state index is 14.7. The first-order valence-electron chi connectivity index (χ1n) is 24.2. The fourth-order valence-electron chi connectivity index (χ4n) is 10.3. The number of aryl methyl sites for hydroxylation is 1. The van der Waals surface area contributed by atoms with Gasteiger partial charge in [0.1, 0.15) is 29.9 Å². The number of phenolic OH excluding ortho intramolecular Hbond substituents is 1. The Balaban J connectivity index is 1.14. The number of benzene rings is 2.